The maximum absolute atomic E-state index is 14.0. The van der Waals surface area contributed by atoms with Gasteiger partial charge in [0.05, 0.1) is 11.4 Å². The number of hydrogen-bond acceptors (Lipinski definition) is 7. The van der Waals surface area contributed by atoms with Crippen molar-refractivity contribution >= 4 is 5.78 Å². The number of nitrogens with zero attached hydrogens (tertiary/aromatic N) is 3. The Hall–Kier alpha value is -5.05. The van der Waals surface area contributed by atoms with Gasteiger partial charge in [-0.1, -0.05) is 67.0 Å². The molecule has 5 aromatic rings. The third kappa shape index (κ3) is 6.17. The second-order valence-electron chi connectivity index (χ2n) is 11.2. The number of H-pyrrole nitrogens is 1. The third-order valence-electron chi connectivity index (χ3n) is 8.02. The summed E-state index contributed by atoms with van der Waals surface area (Å²) in [6, 6.07) is 23.1. The first-order valence-electron chi connectivity index (χ1n) is 15.0. The molecule has 0 amide bonds. The summed E-state index contributed by atoms with van der Waals surface area (Å²) in [5, 5.41) is 3.85. The maximum Gasteiger partial charge on any atom is 0.439 e. The number of Topliss-reactive ketones (excluding diaryl/α,β-unsaturated/α-hetero) is 1. The number of ketones is 1. The highest BCUT2D eigenvalue weighted by Gasteiger charge is 2.21. The zero-order chi connectivity index (χ0) is 30.6. The summed E-state index contributed by atoms with van der Waals surface area (Å²) in [5.41, 5.74) is 5.71. The Kier molecular flexibility index (Phi) is 8.36. The summed E-state index contributed by atoms with van der Waals surface area (Å²) < 4.78 is 12.4. The molecule has 1 aliphatic carbocycles. The number of ether oxygens (including phenoxy) is 1. The molecule has 0 spiro atoms. The van der Waals surface area contributed by atoms with Crippen LogP contribution in [-0.4, -0.2) is 31.6 Å². The summed E-state index contributed by atoms with van der Waals surface area (Å²) in [5.74, 6) is 1.33. The molecular weight excluding hydrogens is 556 g/mol. The van der Waals surface area contributed by atoms with Crippen molar-refractivity contribution in [2.45, 2.75) is 64.9 Å². The Balaban J connectivity index is 1.28. The zero-order valence-corrected chi connectivity index (χ0v) is 24.8. The second kappa shape index (κ2) is 12.7. The molecule has 1 unspecified atom stereocenters. The quantitative estimate of drug-likeness (QED) is 0.224. The fourth-order valence-electron chi connectivity index (χ4n) is 5.89. The van der Waals surface area contributed by atoms with Crippen molar-refractivity contribution in [2.75, 3.05) is 0 Å². The molecule has 0 saturated heterocycles. The van der Waals surface area contributed by atoms with Crippen LogP contribution in [0, 0.1) is 6.92 Å². The SMILES string of the molecule is CCCc1nc(C)n(-c2ccc(OC3CCCC(=O)C3)cc2)c(=O)c1Cc1ccc(-c2ccccc2-c2noc(=O)[nH]2)cc1. The normalized spacial score (nSPS) is 15.0. The molecule has 1 aliphatic rings. The first kappa shape index (κ1) is 29.0. The van der Waals surface area contributed by atoms with E-state index in [0.717, 1.165) is 47.2 Å². The van der Waals surface area contributed by atoms with Gasteiger partial charge in [-0.2, -0.15) is 0 Å². The molecule has 0 bridgehead atoms. The Morgan fingerprint density at radius 3 is 2.41 bits per heavy atom. The van der Waals surface area contributed by atoms with Crippen molar-refractivity contribution in [2.24, 2.45) is 0 Å². The molecule has 9 nitrogen and oxygen atoms in total. The summed E-state index contributed by atoms with van der Waals surface area (Å²) in [7, 11) is 0. The van der Waals surface area contributed by atoms with Crippen LogP contribution in [-0.2, 0) is 17.6 Å². The van der Waals surface area contributed by atoms with Gasteiger partial charge in [-0.05, 0) is 67.1 Å². The number of aromatic nitrogens is 4. The number of carbonyl (C=O) groups is 1. The average Bonchev–Trinajstić information content (AvgIpc) is 3.46. The molecule has 224 valence electrons. The molecule has 0 radical (unpaired) electrons. The van der Waals surface area contributed by atoms with Gasteiger partial charge in [0.1, 0.15) is 23.5 Å². The summed E-state index contributed by atoms with van der Waals surface area (Å²) in [6.45, 7) is 3.94. The van der Waals surface area contributed by atoms with Crippen LogP contribution in [0.4, 0.5) is 0 Å². The number of hydrogen-bond donors (Lipinski definition) is 1. The van der Waals surface area contributed by atoms with Crippen molar-refractivity contribution in [3.63, 3.8) is 0 Å². The third-order valence-corrected chi connectivity index (χ3v) is 8.02. The molecule has 2 heterocycles. The van der Waals surface area contributed by atoms with Crippen LogP contribution in [0.25, 0.3) is 28.2 Å². The van der Waals surface area contributed by atoms with Crippen LogP contribution in [0.2, 0.25) is 0 Å². The van der Waals surface area contributed by atoms with E-state index in [-0.39, 0.29) is 17.4 Å². The van der Waals surface area contributed by atoms with E-state index < -0.39 is 5.76 Å². The summed E-state index contributed by atoms with van der Waals surface area (Å²) >= 11 is 0. The Morgan fingerprint density at radius 1 is 0.977 bits per heavy atom. The van der Waals surface area contributed by atoms with Crippen LogP contribution in [0.15, 0.2) is 86.9 Å². The molecule has 6 rings (SSSR count). The highest BCUT2D eigenvalue weighted by Crippen LogP contribution is 2.30. The molecule has 1 fully saturated rings. The minimum absolute atomic E-state index is 0.0862. The second-order valence-corrected chi connectivity index (χ2v) is 11.2. The number of rotatable bonds is 9. The predicted octanol–water partition coefficient (Wildman–Crippen LogP) is 5.99. The smallest absolute Gasteiger partial charge is 0.439 e. The van der Waals surface area contributed by atoms with Crippen molar-refractivity contribution in [3.05, 3.63) is 116 Å². The first-order valence-corrected chi connectivity index (χ1v) is 15.0. The standard InChI is InChI=1S/C35H34N4O5/c1-3-7-32-31(20-23-12-14-24(15-13-23)29-10-4-5-11-30(29)33-37-35(42)44-38-33)34(41)39(22(2)36-32)25-16-18-27(19-17-25)43-28-9-6-8-26(40)21-28/h4-5,10-19,28H,3,6-9,20-21H2,1-2H3,(H,37,38,42). The van der Waals surface area contributed by atoms with Crippen LogP contribution < -0.4 is 16.1 Å². The van der Waals surface area contributed by atoms with E-state index >= 15 is 0 Å². The first-order chi connectivity index (χ1) is 21.4. The number of aromatic amines is 1. The molecule has 9 heteroatoms. The predicted molar refractivity (Wildman–Crippen MR) is 167 cm³/mol. The van der Waals surface area contributed by atoms with E-state index in [1.54, 1.807) is 4.57 Å². The van der Waals surface area contributed by atoms with Gasteiger partial charge in [0.2, 0.25) is 0 Å². The Labute approximate surface area is 254 Å². The van der Waals surface area contributed by atoms with Crippen LogP contribution >= 0.6 is 0 Å². The monoisotopic (exact) mass is 590 g/mol. The zero-order valence-electron chi connectivity index (χ0n) is 24.8. The number of carbonyl (C=O) groups excluding carboxylic acids is 1. The van der Waals surface area contributed by atoms with Crippen LogP contribution in [0.5, 0.6) is 5.75 Å². The van der Waals surface area contributed by atoms with Crippen molar-refractivity contribution in [1.29, 1.82) is 0 Å². The largest absolute Gasteiger partial charge is 0.490 e. The van der Waals surface area contributed by atoms with E-state index in [4.69, 9.17) is 14.2 Å². The van der Waals surface area contributed by atoms with Gasteiger partial charge in [-0.15, -0.1) is 0 Å². The van der Waals surface area contributed by atoms with Gasteiger partial charge in [0, 0.05) is 30.4 Å². The van der Waals surface area contributed by atoms with Gasteiger partial charge in [0.15, 0.2) is 5.82 Å². The molecule has 3 aromatic carbocycles. The van der Waals surface area contributed by atoms with Gasteiger partial charge in [-0.3, -0.25) is 23.7 Å². The Morgan fingerprint density at radius 2 is 1.73 bits per heavy atom. The molecular formula is C35H34N4O5. The lowest BCUT2D eigenvalue weighted by molar-refractivity contribution is -0.122. The van der Waals surface area contributed by atoms with Gasteiger partial charge in [-0.25, -0.2) is 9.78 Å². The summed E-state index contributed by atoms with van der Waals surface area (Å²) in [6.07, 6.45) is 4.73. The minimum Gasteiger partial charge on any atom is -0.490 e. The van der Waals surface area contributed by atoms with E-state index in [1.807, 2.05) is 79.7 Å². The topological polar surface area (TPSA) is 120 Å². The molecule has 1 saturated carbocycles. The fourth-order valence-corrected chi connectivity index (χ4v) is 5.89. The minimum atomic E-state index is -0.605. The molecule has 1 N–H and O–H groups in total. The van der Waals surface area contributed by atoms with Crippen molar-refractivity contribution < 1.29 is 14.1 Å². The lowest BCUT2D eigenvalue weighted by atomic mass is 9.96. The van der Waals surface area contributed by atoms with Crippen molar-refractivity contribution in [1.82, 2.24) is 19.7 Å². The molecule has 2 aromatic heterocycles. The van der Waals surface area contributed by atoms with Gasteiger partial charge < -0.3 is 4.74 Å². The highest BCUT2D eigenvalue weighted by atomic mass is 16.5. The number of benzene rings is 3. The lowest BCUT2D eigenvalue weighted by Gasteiger charge is -2.22. The number of nitrogens with one attached hydrogen (secondary N) is 1. The van der Waals surface area contributed by atoms with Crippen LogP contribution in [0.1, 0.15) is 61.7 Å². The highest BCUT2D eigenvalue weighted by molar-refractivity contribution is 5.80. The fraction of sp³-hybridized carbons (Fsp3) is 0.286. The molecule has 1 atom stereocenters. The van der Waals surface area contributed by atoms with E-state index in [9.17, 15) is 14.4 Å². The van der Waals surface area contributed by atoms with E-state index in [2.05, 4.69) is 17.1 Å². The average molecular weight is 591 g/mol. The van der Waals surface area contributed by atoms with Gasteiger partial charge in [0.25, 0.3) is 5.56 Å². The van der Waals surface area contributed by atoms with Gasteiger partial charge >= 0.3 is 5.76 Å². The van der Waals surface area contributed by atoms with E-state index in [1.165, 1.54) is 0 Å². The summed E-state index contributed by atoms with van der Waals surface area (Å²) in [4.78, 5) is 44.9. The molecule has 44 heavy (non-hydrogen) atoms. The van der Waals surface area contributed by atoms with Crippen LogP contribution in [0.3, 0.4) is 0 Å². The molecule has 0 aliphatic heterocycles. The number of aryl methyl sites for hydroxylation is 2. The van der Waals surface area contributed by atoms with E-state index in [0.29, 0.717) is 54.3 Å². The van der Waals surface area contributed by atoms with Crippen molar-refractivity contribution in [3.8, 4) is 34.0 Å². The maximum atomic E-state index is 14.0. The lowest BCUT2D eigenvalue weighted by Crippen LogP contribution is -2.28. The Bertz CT molecular complexity index is 1900.